The van der Waals surface area contributed by atoms with Crippen LogP contribution in [-0.4, -0.2) is 39.9 Å². The minimum atomic E-state index is -0.252. The van der Waals surface area contributed by atoms with Gasteiger partial charge in [-0.25, -0.2) is 0 Å². The number of amides is 1. The van der Waals surface area contributed by atoms with Crippen LogP contribution in [0.25, 0.3) is 0 Å². The van der Waals surface area contributed by atoms with E-state index in [1.165, 1.54) is 0 Å². The summed E-state index contributed by atoms with van der Waals surface area (Å²) in [4.78, 5) is 13.3. The van der Waals surface area contributed by atoms with Gasteiger partial charge in [-0.1, -0.05) is 15.9 Å². The summed E-state index contributed by atoms with van der Waals surface area (Å²) in [6.45, 7) is 3.42. The minimum Gasteiger partial charge on any atom is -0.393 e. The van der Waals surface area contributed by atoms with Gasteiger partial charge in [0.2, 0.25) is 5.91 Å². The number of rotatable bonds is 4. The van der Waals surface area contributed by atoms with Gasteiger partial charge in [-0.2, -0.15) is 0 Å². The van der Waals surface area contributed by atoms with Gasteiger partial charge in [0.25, 0.3) is 0 Å². The second-order valence-electron chi connectivity index (χ2n) is 3.57. The Morgan fingerprint density at radius 1 is 1.77 bits per heavy atom. The number of hydrogen-bond donors (Lipinski definition) is 1. The minimum absolute atomic E-state index is 0.0269. The highest BCUT2D eigenvalue weighted by Crippen LogP contribution is 2.18. The monoisotopic (exact) mass is 249 g/mol. The maximum Gasteiger partial charge on any atom is 0.236 e. The lowest BCUT2D eigenvalue weighted by Gasteiger charge is -2.15. The first-order valence-corrected chi connectivity index (χ1v) is 5.63. The summed E-state index contributed by atoms with van der Waals surface area (Å²) < 4.78 is 0. The number of likely N-dealkylation sites (tertiary alicyclic amines) is 1. The molecule has 1 aliphatic rings. The van der Waals surface area contributed by atoms with Gasteiger partial charge in [-0.05, 0) is 26.2 Å². The lowest BCUT2D eigenvalue weighted by Crippen LogP contribution is -2.28. The first-order chi connectivity index (χ1) is 6.11. The van der Waals surface area contributed by atoms with Crippen molar-refractivity contribution in [3.05, 3.63) is 0 Å². The van der Waals surface area contributed by atoms with Crippen molar-refractivity contribution in [2.45, 2.75) is 37.1 Å². The van der Waals surface area contributed by atoms with E-state index in [-0.39, 0.29) is 16.8 Å². The Kier molecular flexibility index (Phi) is 4.19. The largest absolute Gasteiger partial charge is 0.393 e. The number of alkyl halides is 1. The van der Waals surface area contributed by atoms with E-state index in [2.05, 4.69) is 15.9 Å². The molecule has 1 N–H and O–H groups in total. The van der Waals surface area contributed by atoms with E-state index in [1.807, 2.05) is 4.90 Å². The number of carbonyl (C=O) groups excluding carboxylic acids is 1. The first-order valence-electron chi connectivity index (χ1n) is 4.72. The highest BCUT2D eigenvalue weighted by atomic mass is 79.9. The van der Waals surface area contributed by atoms with Crippen molar-refractivity contribution in [1.29, 1.82) is 0 Å². The Hall–Kier alpha value is -0.0900. The highest BCUT2D eigenvalue weighted by Gasteiger charge is 2.28. The summed E-state index contributed by atoms with van der Waals surface area (Å²) in [7, 11) is 0. The lowest BCUT2D eigenvalue weighted by molar-refractivity contribution is -0.127. The molecule has 1 heterocycles. The van der Waals surface area contributed by atoms with Crippen LogP contribution in [0.3, 0.4) is 0 Å². The van der Waals surface area contributed by atoms with Crippen molar-refractivity contribution in [2.75, 3.05) is 13.1 Å². The molecular formula is C9H16BrNO2. The fraction of sp³-hybridized carbons (Fsp3) is 0.889. The molecule has 0 saturated carbocycles. The third-order valence-corrected chi connectivity index (χ3v) is 3.13. The van der Waals surface area contributed by atoms with E-state index in [1.54, 1.807) is 6.92 Å². The predicted molar refractivity (Wildman–Crippen MR) is 54.8 cm³/mol. The molecule has 1 aliphatic heterocycles. The van der Waals surface area contributed by atoms with Crippen LogP contribution in [0.2, 0.25) is 0 Å². The molecule has 0 bridgehead atoms. The second-order valence-corrected chi connectivity index (χ2v) is 4.68. The smallest absolute Gasteiger partial charge is 0.236 e. The molecule has 0 aromatic heterocycles. The standard InChI is InChI=1S/C9H16BrNO2/c1-7(12)3-2-5-11-6-4-8(10)9(11)13/h7-8,12H,2-6H2,1H3. The molecular weight excluding hydrogens is 234 g/mol. The van der Waals surface area contributed by atoms with E-state index in [9.17, 15) is 4.79 Å². The molecule has 2 unspecified atom stereocenters. The van der Waals surface area contributed by atoms with Crippen LogP contribution in [0.4, 0.5) is 0 Å². The normalized spacial score (nSPS) is 25.3. The zero-order valence-corrected chi connectivity index (χ0v) is 9.46. The van der Waals surface area contributed by atoms with E-state index in [0.717, 1.165) is 32.4 Å². The molecule has 2 atom stereocenters. The molecule has 4 heteroatoms. The number of halogens is 1. The SMILES string of the molecule is CC(O)CCCN1CCC(Br)C1=O. The van der Waals surface area contributed by atoms with E-state index < -0.39 is 0 Å². The zero-order chi connectivity index (χ0) is 9.84. The Morgan fingerprint density at radius 3 is 2.92 bits per heavy atom. The molecule has 1 rings (SSSR count). The van der Waals surface area contributed by atoms with E-state index in [4.69, 9.17) is 5.11 Å². The average Bonchev–Trinajstić information content (AvgIpc) is 2.35. The van der Waals surface area contributed by atoms with Crippen LogP contribution in [-0.2, 0) is 4.79 Å². The molecule has 76 valence electrons. The van der Waals surface area contributed by atoms with Crippen LogP contribution in [0.1, 0.15) is 26.2 Å². The Morgan fingerprint density at radius 2 is 2.46 bits per heavy atom. The third-order valence-electron chi connectivity index (χ3n) is 2.28. The Bertz CT molecular complexity index is 184. The molecule has 0 aromatic rings. The molecule has 0 radical (unpaired) electrons. The quantitative estimate of drug-likeness (QED) is 0.760. The molecule has 1 fully saturated rings. The fourth-order valence-corrected chi connectivity index (χ4v) is 1.99. The van der Waals surface area contributed by atoms with Crippen LogP contribution < -0.4 is 0 Å². The first kappa shape index (κ1) is 11.0. The average molecular weight is 250 g/mol. The maximum atomic E-state index is 11.4. The van der Waals surface area contributed by atoms with Gasteiger partial charge in [0, 0.05) is 13.1 Å². The number of aliphatic hydroxyl groups is 1. The molecule has 0 aliphatic carbocycles. The summed E-state index contributed by atoms with van der Waals surface area (Å²) in [5, 5.41) is 9.03. The number of nitrogens with zero attached hydrogens (tertiary/aromatic N) is 1. The van der Waals surface area contributed by atoms with Crippen molar-refractivity contribution < 1.29 is 9.90 Å². The van der Waals surface area contributed by atoms with Crippen LogP contribution in [0.15, 0.2) is 0 Å². The van der Waals surface area contributed by atoms with Gasteiger partial charge < -0.3 is 10.0 Å². The molecule has 13 heavy (non-hydrogen) atoms. The molecule has 3 nitrogen and oxygen atoms in total. The van der Waals surface area contributed by atoms with Crippen molar-refractivity contribution in [2.24, 2.45) is 0 Å². The molecule has 1 amide bonds. The summed E-state index contributed by atoms with van der Waals surface area (Å²) >= 11 is 3.32. The zero-order valence-electron chi connectivity index (χ0n) is 7.87. The van der Waals surface area contributed by atoms with E-state index in [0.29, 0.717) is 0 Å². The van der Waals surface area contributed by atoms with Crippen molar-refractivity contribution >= 4 is 21.8 Å². The summed E-state index contributed by atoms with van der Waals surface area (Å²) in [5.74, 6) is 0.200. The number of carbonyl (C=O) groups is 1. The molecule has 0 aromatic carbocycles. The van der Waals surface area contributed by atoms with Crippen molar-refractivity contribution in [3.8, 4) is 0 Å². The summed E-state index contributed by atoms with van der Waals surface area (Å²) in [6.07, 6.45) is 2.32. The second kappa shape index (κ2) is 4.96. The van der Waals surface area contributed by atoms with Gasteiger partial charge in [-0.3, -0.25) is 4.79 Å². The Labute approximate surface area is 87.2 Å². The van der Waals surface area contributed by atoms with Crippen LogP contribution >= 0.6 is 15.9 Å². The van der Waals surface area contributed by atoms with Crippen molar-refractivity contribution in [1.82, 2.24) is 4.90 Å². The van der Waals surface area contributed by atoms with Crippen LogP contribution in [0.5, 0.6) is 0 Å². The Balaban J connectivity index is 2.19. The summed E-state index contributed by atoms with van der Waals surface area (Å²) in [6, 6.07) is 0. The van der Waals surface area contributed by atoms with Crippen molar-refractivity contribution in [3.63, 3.8) is 0 Å². The molecule has 1 saturated heterocycles. The third kappa shape index (κ3) is 3.27. The highest BCUT2D eigenvalue weighted by molar-refractivity contribution is 9.10. The predicted octanol–water partition coefficient (Wildman–Crippen LogP) is 1.14. The van der Waals surface area contributed by atoms with Gasteiger partial charge >= 0.3 is 0 Å². The van der Waals surface area contributed by atoms with Gasteiger partial charge in [0.15, 0.2) is 0 Å². The topological polar surface area (TPSA) is 40.5 Å². The maximum absolute atomic E-state index is 11.4. The fourth-order valence-electron chi connectivity index (χ4n) is 1.50. The van der Waals surface area contributed by atoms with Gasteiger partial charge in [0.1, 0.15) is 0 Å². The van der Waals surface area contributed by atoms with E-state index >= 15 is 0 Å². The summed E-state index contributed by atoms with van der Waals surface area (Å²) in [5.41, 5.74) is 0. The van der Waals surface area contributed by atoms with Crippen LogP contribution in [0, 0.1) is 0 Å². The number of aliphatic hydroxyl groups excluding tert-OH is 1. The lowest BCUT2D eigenvalue weighted by atomic mass is 10.2. The molecule has 0 spiro atoms. The number of hydrogen-bond acceptors (Lipinski definition) is 2. The van der Waals surface area contributed by atoms with Gasteiger partial charge in [-0.15, -0.1) is 0 Å². The van der Waals surface area contributed by atoms with Gasteiger partial charge in [0.05, 0.1) is 10.9 Å².